The molecule has 0 aliphatic carbocycles. The first-order chi connectivity index (χ1) is 10.6. The number of rotatable bonds is 7. The summed E-state index contributed by atoms with van der Waals surface area (Å²) < 4.78 is 7.03. The molecule has 0 aliphatic heterocycles. The maximum atomic E-state index is 11.5. The Kier molecular flexibility index (Phi) is 6.02. The van der Waals surface area contributed by atoms with E-state index >= 15 is 0 Å². The number of hydrogen-bond acceptors (Lipinski definition) is 6. The molecule has 0 saturated carbocycles. The second-order valence-corrected chi connectivity index (χ2v) is 6.96. The summed E-state index contributed by atoms with van der Waals surface area (Å²) >= 11 is 3.11. The summed E-state index contributed by atoms with van der Waals surface area (Å²) in [4.78, 5) is 12.8. The summed E-state index contributed by atoms with van der Waals surface area (Å²) in [5.74, 6) is 0.885. The predicted octanol–water partition coefficient (Wildman–Crippen LogP) is 3.81. The van der Waals surface area contributed by atoms with E-state index in [4.69, 9.17) is 4.74 Å². The lowest BCUT2D eigenvalue weighted by molar-refractivity contribution is -0.139. The monoisotopic (exact) mass is 339 g/mol. The number of esters is 1. The molecule has 0 radical (unpaired) electrons. The Hall–Kier alpha value is -1.34. The molecule has 0 aliphatic rings. The van der Waals surface area contributed by atoms with Gasteiger partial charge in [0.2, 0.25) is 0 Å². The van der Waals surface area contributed by atoms with Gasteiger partial charge < -0.3 is 4.74 Å². The number of aryl methyl sites for hydroxylation is 1. The predicted molar refractivity (Wildman–Crippen MR) is 90.5 cm³/mol. The van der Waals surface area contributed by atoms with Crippen LogP contribution in [0, 0.1) is 0 Å². The van der Waals surface area contributed by atoms with Crippen LogP contribution in [-0.2, 0) is 16.0 Å². The summed E-state index contributed by atoms with van der Waals surface area (Å²) in [6.07, 6.45) is 1.02. The molecule has 2 aromatic heterocycles. The number of aromatic nitrogens is 3. The normalized spacial score (nSPS) is 11.1. The van der Waals surface area contributed by atoms with Gasteiger partial charge in [0.05, 0.1) is 12.4 Å². The highest BCUT2D eigenvalue weighted by Crippen LogP contribution is 2.30. The molecule has 0 atom stereocenters. The van der Waals surface area contributed by atoms with Crippen molar-refractivity contribution in [2.45, 2.75) is 45.3 Å². The zero-order valence-electron chi connectivity index (χ0n) is 13.3. The molecule has 0 spiro atoms. The third-order valence-electron chi connectivity index (χ3n) is 3.07. The van der Waals surface area contributed by atoms with E-state index in [1.807, 2.05) is 0 Å². The van der Waals surface area contributed by atoms with Crippen molar-refractivity contribution in [3.05, 3.63) is 16.3 Å². The van der Waals surface area contributed by atoms with Gasteiger partial charge in [-0.25, -0.2) is 0 Å². The van der Waals surface area contributed by atoms with Crippen LogP contribution in [0.3, 0.4) is 0 Å². The Balaban J connectivity index is 2.23. The topological polar surface area (TPSA) is 57.0 Å². The quantitative estimate of drug-likeness (QED) is 0.567. The van der Waals surface area contributed by atoms with Gasteiger partial charge in [0.1, 0.15) is 0 Å². The van der Waals surface area contributed by atoms with Crippen LogP contribution in [-0.4, -0.2) is 33.1 Å². The van der Waals surface area contributed by atoms with Gasteiger partial charge in [-0.1, -0.05) is 18.7 Å². The van der Waals surface area contributed by atoms with E-state index in [0.29, 0.717) is 6.61 Å². The third-order valence-corrected chi connectivity index (χ3v) is 5.06. The molecule has 2 rings (SSSR count). The Bertz CT molecular complexity index is 635. The van der Waals surface area contributed by atoms with Gasteiger partial charge >= 0.3 is 5.97 Å². The van der Waals surface area contributed by atoms with Crippen molar-refractivity contribution in [1.29, 1.82) is 0 Å². The molecule has 22 heavy (non-hydrogen) atoms. The lowest BCUT2D eigenvalue weighted by Gasteiger charge is -2.12. The van der Waals surface area contributed by atoms with Crippen molar-refractivity contribution in [1.82, 2.24) is 14.8 Å². The van der Waals surface area contributed by atoms with Crippen LogP contribution < -0.4 is 0 Å². The van der Waals surface area contributed by atoms with E-state index in [1.165, 1.54) is 16.6 Å². The Morgan fingerprint density at radius 3 is 2.77 bits per heavy atom. The van der Waals surface area contributed by atoms with E-state index in [2.05, 4.69) is 47.0 Å². The lowest BCUT2D eigenvalue weighted by atomic mass is 10.2. The summed E-state index contributed by atoms with van der Waals surface area (Å²) in [5.41, 5.74) is 1.09. The third kappa shape index (κ3) is 3.89. The molecule has 0 fully saturated rings. The first kappa shape index (κ1) is 17.0. The van der Waals surface area contributed by atoms with Crippen LogP contribution in [0.4, 0.5) is 0 Å². The van der Waals surface area contributed by atoms with Crippen LogP contribution in [0.2, 0.25) is 0 Å². The van der Waals surface area contributed by atoms with Gasteiger partial charge in [0, 0.05) is 21.9 Å². The Morgan fingerprint density at radius 1 is 1.41 bits per heavy atom. The maximum Gasteiger partial charge on any atom is 0.316 e. The van der Waals surface area contributed by atoms with Crippen LogP contribution >= 0.6 is 23.1 Å². The van der Waals surface area contributed by atoms with Crippen molar-refractivity contribution in [2.24, 2.45) is 0 Å². The maximum absolute atomic E-state index is 11.5. The minimum Gasteiger partial charge on any atom is -0.465 e. The van der Waals surface area contributed by atoms with Gasteiger partial charge in [-0.2, -0.15) is 0 Å². The average Bonchev–Trinajstić information content (AvgIpc) is 3.11. The minimum absolute atomic E-state index is 0.222. The second-order valence-electron chi connectivity index (χ2n) is 5.02. The fourth-order valence-electron chi connectivity index (χ4n) is 2.05. The molecule has 120 valence electrons. The van der Waals surface area contributed by atoms with Crippen LogP contribution in [0.1, 0.15) is 38.6 Å². The van der Waals surface area contributed by atoms with Gasteiger partial charge in [-0.3, -0.25) is 9.36 Å². The minimum atomic E-state index is -0.226. The average molecular weight is 339 g/mol. The zero-order chi connectivity index (χ0) is 16.1. The molecule has 0 N–H and O–H groups in total. The standard InChI is InChI=1S/C15H21N3O2S2/c1-5-12-7-11(8-21-12)14-16-17-15(18(14)10(3)4)22-9-13(19)20-6-2/h7-8,10H,5-6,9H2,1-4H3. The van der Waals surface area contributed by atoms with Crippen LogP contribution in [0.25, 0.3) is 11.4 Å². The number of thiophene rings is 1. The molecule has 2 aromatic rings. The summed E-state index contributed by atoms with van der Waals surface area (Å²) in [6, 6.07) is 2.38. The SMILES string of the molecule is CCOC(=O)CSc1nnc(-c2csc(CC)c2)n1C(C)C. The summed E-state index contributed by atoms with van der Waals surface area (Å²) in [6.45, 7) is 8.53. The molecular weight excluding hydrogens is 318 g/mol. The molecule has 2 heterocycles. The first-order valence-electron chi connectivity index (χ1n) is 7.37. The molecule has 0 saturated heterocycles. The fraction of sp³-hybridized carbons (Fsp3) is 0.533. The van der Waals surface area contributed by atoms with Crippen molar-refractivity contribution in [3.8, 4) is 11.4 Å². The largest absolute Gasteiger partial charge is 0.465 e. The summed E-state index contributed by atoms with van der Waals surface area (Å²) in [7, 11) is 0. The number of thioether (sulfide) groups is 1. The van der Waals surface area contributed by atoms with E-state index in [-0.39, 0.29) is 17.8 Å². The fourth-order valence-corrected chi connectivity index (χ4v) is 3.73. The van der Waals surface area contributed by atoms with Gasteiger partial charge in [-0.05, 0) is 33.3 Å². The Morgan fingerprint density at radius 2 is 2.18 bits per heavy atom. The molecule has 0 amide bonds. The number of carbonyl (C=O) groups excluding carboxylic acids is 1. The van der Waals surface area contributed by atoms with Gasteiger partial charge in [0.15, 0.2) is 11.0 Å². The van der Waals surface area contributed by atoms with Gasteiger partial charge in [0.25, 0.3) is 0 Å². The number of carbonyl (C=O) groups is 1. The highest BCUT2D eigenvalue weighted by Gasteiger charge is 2.18. The lowest BCUT2D eigenvalue weighted by Crippen LogP contribution is -2.09. The van der Waals surface area contributed by atoms with E-state index < -0.39 is 0 Å². The molecule has 5 nitrogen and oxygen atoms in total. The molecule has 0 bridgehead atoms. The molecule has 0 unspecified atom stereocenters. The van der Waals surface area contributed by atoms with Crippen molar-refractivity contribution in [3.63, 3.8) is 0 Å². The van der Waals surface area contributed by atoms with Crippen molar-refractivity contribution >= 4 is 29.1 Å². The Labute approximate surface area is 139 Å². The number of hydrogen-bond donors (Lipinski definition) is 0. The first-order valence-corrected chi connectivity index (χ1v) is 9.24. The van der Waals surface area contributed by atoms with E-state index in [9.17, 15) is 4.79 Å². The molecule has 0 aromatic carbocycles. The number of ether oxygens (including phenoxy) is 1. The van der Waals surface area contributed by atoms with E-state index in [0.717, 1.165) is 23.0 Å². The van der Waals surface area contributed by atoms with Crippen LogP contribution in [0.5, 0.6) is 0 Å². The second kappa shape index (κ2) is 7.78. The van der Waals surface area contributed by atoms with Crippen LogP contribution in [0.15, 0.2) is 16.6 Å². The zero-order valence-corrected chi connectivity index (χ0v) is 15.0. The smallest absolute Gasteiger partial charge is 0.316 e. The molecular formula is C15H21N3O2S2. The highest BCUT2D eigenvalue weighted by atomic mass is 32.2. The van der Waals surface area contributed by atoms with Crippen molar-refractivity contribution in [2.75, 3.05) is 12.4 Å². The van der Waals surface area contributed by atoms with Gasteiger partial charge in [-0.15, -0.1) is 21.5 Å². The van der Waals surface area contributed by atoms with E-state index in [1.54, 1.807) is 18.3 Å². The summed E-state index contributed by atoms with van der Waals surface area (Å²) in [5, 5.41) is 11.4. The molecule has 7 heteroatoms. The number of nitrogens with zero attached hydrogens (tertiary/aromatic N) is 3. The van der Waals surface area contributed by atoms with Crippen molar-refractivity contribution < 1.29 is 9.53 Å². The highest BCUT2D eigenvalue weighted by molar-refractivity contribution is 7.99.